The van der Waals surface area contributed by atoms with Crippen LogP contribution in [0.3, 0.4) is 0 Å². The van der Waals surface area contributed by atoms with Gasteiger partial charge in [0.2, 0.25) is 0 Å². The molecule has 0 aliphatic heterocycles. The molecule has 0 spiro atoms. The average Bonchev–Trinajstić information content (AvgIpc) is 3.40. The number of hydrogen-bond donors (Lipinski definition) is 1. The predicted octanol–water partition coefficient (Wildman–Crippen LogP) is 4.13. The van der Waals surface area contributed by atoms with E-state index in [1.165, 1.54) is 43.8 Å². The van der Waals surface area contributed by atoms with Crippen LogP contribution in [0.25, 0.3) is 11.5 Å². The molecule has 0 fully saturated rings. The normalized spacial score (nSPS) is 11.6. The first-order chi connectivity index (χ1) is 15.2. The third-order valence-corrected chi connectivity index (χ3v) is 4.97. The molecule has 0 aromatic carbocycles. The smallest absolute Gasteiger partial charge is 0.320 e. The molecule has 1 amide bonds. The highest BCUT2D eigenvalue weighted by Crippen LogP contribution is 2.35. The minimum Gasteiger partial charge on any atom is -0.320 e. The quantitative estimate of drug-likeness (QED) is 0.438. The summed E-state index contributed by atoms with van der Waals surface area (Å²) >= 11 is 12.1. The molecule has 4 aromatic heterocycles. The second kappa shape index (κ2) is 8.20. The van der Waals surface area contributed by atoms with Crippen molar-refractivity contribution in [1.29, 1.82) is 0 Å². The van der Waals surface area contributed by atoms with Gasteiger partial charge in [-0.25, -0.2) is 14.6 Å². The molecule has 1 N–H and O–H groups in total. The molecule has 4 heterocycles. The minimum absolute atomic E-state index is 0.0182. The molecule has 0 atom stereocenters. The first-order valence-corrected chi connectivity index (χ1v) is 9.52. The molecule has 14 heteroatoms. The third-order valence-electron chi connectivity index (χ3n) is 4.31. The highest BCUT2D eigenvalue weighted by molar-refractivity contribution is 6.32. The second-order valence-corrected chi connectivity index (χ2v) is 7.13. The van der Waals surface area contributed by atoms with E-state index in [1.54, 1.807) is 0 Å². The summed E-state index contributed by atoms with van der Waals surface area (Å²) in [4.78, 5) is 21.7. The van der Waals surface area contributed by atoms with Gasteiger partial charge in [-0.05, 0) is 19.1 Å². The highest BCUT2D eigenvalue weighted by Gasteiger charge is 2.41. The summed E-state index contributed by atoms with van der Waals surface area (Å²) in [6, 6.07) is 2.63. The van der Waals surface area contributed by atoms with Crippen molar-refractivity contribution in [1.82, 2.24) is 34.7 Å². The molecule has 0 unspecified atom stereocenters. The van der Waals surface area contributed by atoms with Gasteiger partial charge in [0.05, 0.1) is 46.7 Å². The number of aromatic nitrogens is 7. The average molecular weight is 483 g/mol. The summed E-state index contributed by atoms with van der Waals surface area (Å²) in [5, 5.41) is 14.0. The Morgan fingerprint density at radius 2 is 1.78 bits per heavy atom. The first kappa shape index (κ1) is 21.7. The number of rotatable bonds is 4. The Balaban J connectivity index is 1.70. The third kappa shape index (κ3) is 4.01. The van der Waals surface area contributed by atoms with Crippen LogP contribution in [0.4, 0.5) is 18.9 Å². The Hall–Kier alpha value is -3.51. The highest BCUT2D eigenvalue weighted by atomic mass is 35.5. The van der Waals surface area contributed by atoms with Crippen molar-refractivity contribution in [3.05, 3.63) is 70.1 Å². The van der Waals surface area contributed by atoms with Crippen molar-refractivity contribution in [2.24, 2.45) is 0 Å². The van der Waals surface area contributed by atoms with Crippen LogP contribution in [0.5, 0.6) is 0 Å². The van der Waals surface area contributed by atoms with Gasteiger partial charge in [0.15, 0.2) is 11.5 Å². The summed E-state index contributed by atoms with van der Waals surface area (Å²) in [7, 11) is 0. The number of nitrogens with one attached hydrogen (secondary N) is 1. The Morgan fingerprint density at radius 3 is 2.44 bits per heavy atom. The van der Waals surface area contributed by atoms with E-state index < -0.39 is 23.3 Å². The molecule has 164 valence electrons. The van der Waals surface area contributed by atoms with E-state index in [9.17, 15) is 18.0 Å². The van der Waals surface area contributed by atoms with E-state index >= 15 is 0 Å². The number of hydrogen-bond acceptors (Lipinski definition) is 6. The lowest BCUT2D eigenvalue weighted by molar-refractivity contribution is -0.143. The summed E-state index contributed by atoms with van der Waals surface area (Å²) in [6.07, 6.45) is 1.23. The summed E-state index contributed by atoms with van der Waals surface area (Å²) in [5.41, 5.74) is -1.58. The van der Waals surface area contributed by atoms with Gasteiger partial charge in [-0.2, -0.15) is 28.5 Å². The predicted molar refractivity (Wildman–Crippen MR) is 108 cm³/mol. The number of amides is 1. The van der Waals surface area contributed by atoms with Crippen LogP contribution in [-0.4, -0.2) is 40.6 Å². The van der Waals surface area contributed by atoms with Gasteiger partial charge in [0, 0.05) is 11.8 Å². The zero-order valence-corrected chi connectivity index (χ0v) is 17.5. The lowest BCUT2D eigenvalue weighted by Crippen LogP contribution is -2.21. The Bertz CT molecular complexity index is 1300. The summed E-state index contributed by atoms with van der Waals surface area (Å²) in [6.45, 7) is 1.50. The molecule has 0 saturated carbocycles. The van der Waals surface area contributed by atoms with Crippen LogP contribution in [0.15, 0.2) is 43.1 Å². The molecule has 9 nitrogen and oxygen atoms in total. The topological polar surface area (TPSA) is 103 Å². The van der Waals surface area contributed by atoms with Crippen LogP contribution in [0.2, 0.25) is 10.2 Å². The SMILES string of the molecule is Cc1c(-n2ncc(C(=O)Nc3cnc(-n4nccn4)c(Cl)c3)c2C(F)(F)F)ccnc1Cl. The molecule has 4 rings (SSSR count). The van der Waals surface area contributed by atoms with Crippen LogP contribution in [-0.2, 0) is 6.18 Å². The van der Waals surface area contributed by atoms with Gasteiger partial charge in [-0.1, -0.05) is 23.2 Å². The van der Waals surface area contributed by atoms with Gasteiger partial charge in [-0.15, -0.1) is 4.80 Å². The molecule has 0 bridgehead atoms. The van der Waals surface area contributed by atoms with E-state index in [2.05, 4.69) is 30.6 Å². The van der Waals surface area contributed by atoms with E-state index in [4.69, 9.17) is 23.2 Å². The monoisotopic (exact) mass is 482 g/mol. The molecular formula is C18H11Cl2F3N8O. The van der Waals surface area contributed by atoms with Crippen molar-refractivity contribution in [2.45, 2.75) is 13.1 Å². The largest absolute Gasteiger partial charge is 0.434 e. The lowest BCUT2D eigenvalue weighted by atomic mass is 10.2. The standard InChI is InChI=1S/C18H11Cl2F3N8O/c1-9-13(2-3-24-15(9)20)30-14(18(21,22)23)11(8-28-30)17(32)29-10-6-12(19)16(25-7-10)31-26-4-5-27-31/h2-8H,1H3,(H,29,32). The number of carbonyl (C=O) groups excluding carboxylic acids is 1. The fourth-order valence-corrected chi connectivity index (χ4v) is 3.27. The Morgan fingerprint density at radius 1 is 1.06 bits per heavy atom. The van der Waals surface area contributed by atoms with E-state index in [0.717, 1.165) is 11.0 Å². The van der Waals surface area contributed by atoms with Crippen molar-refractivity contribution in [2.75, 3.05) is 5.32 Å². The van der Waals surface area contributed by atoms with Crippen molar-refractivity contribution < 1.29 is 18.0 Å². The number of anilines is 1. The van der Waals surface area contributed by atoms with Crippen molar-refractivity contribution in [3.63, 3.8) is 0 Å². The number of halogens is 5. The van der Waals surface area contributed by atoms with Crippen LogP contribution >= 0.6 is 23.2 Å². The molecule has 0 radical (unpaired) electrons. The second-order valence-electron chi connectivity index (χ2n) is 6.36. The number of pyridine rings is 2. The Labute approximate surface area is 187 Å². The van der Waals surface area contributed by atoms with E-state index in [-0.39, 0.29) is 32.9 Å². The maximum absolute atomic E-state index is 13.9. The van der Waals surface area contributed by atoms with Gasteiger partial charge in [-0.3, -0.25) is 4.79 Å². The van der Waals surface area contributed by atoms with E-state index in [1.807, 2.05) is 0 Å². The molecule has 4 aromatic rings. The van der Waals surface area contributed by atoms with Crippen LogP contribution in [0, 0.1) is 6.92 Å². The van der Waals surface area contributed by atoms with Crippen molar-refractivity contribution in [3.8, 4) is 11.5 Å². The first-order valence-electron chi connectivity index (χ1n) is 8.77. The van der Waals surface area contributed by atoms with Gasteiger partial charge in [0.1, 0.15) is 5.15 Å². The van der Waals surface area contributed by atoms with Gasteiger partial charge in [0.25, 0.3) is 5.91 Å². The number of alkyl halides is 3. The summed E-state index contributed by atoms with van der Waals surface area (Å²) in [5.74, 6) is -0.868. The van der Waals surface area contributed by atoms with E-state index in [0.29, 0.717) is 4.68 Å². The molecule has 32 heavy (non-hydrogen) atoms. The Kier molecular flexibility index (Phi) is 5.57. The van der Waals surface area contributed by atoms with Gasteiger partial charge < -0.3 is 5.32 Å². The molecule has 0 aliphatic carbocycles. The van der Waals surface area contributed by atoms with Crippen molar-refractivity contribution >= 4 is 34.8 Å². The fourth-order valence-electron chi connectivity index (χ4n) is 2.87. The number of nitrogens with zero attached hydrogens (tertiary/aromatic N) is 7. The fraction of sp³-hybridized carbons (Fsp3) is 0.111. The van der Waals surface area contributed by atoms with Gasteiger partial charge >= 0.3 is 6.18 Å². The molecular weight excluding hydrogens is 472 g/mol. The minimum atomic E-state index is -4.89. The molecule has 0 aliphatic rings. The maximum atomic E-state index is 13.9. The zero-order valence-electron chi connectivity index (χ0n) is 16.0. The lowest BCUT2D eigenvalue weighted by Gasteiger charge is -2.14. The van der Waals surface area contributed by atoms with Crippen LogP contribution in [0.1, 0.15) is 21.6 Å². The maximum Gasteiger partial charge on any atom is 0.434 e. The van der Waals surface area contributed by atoms with Crippen LogP contribution < -0.4 is 5.32 Å². The number of carbonyl (C=O) groups is 1. The zero-order chi connectivity index (χ0) is 23.0. The summed E-state index contributed by atoms with van der Waals surface area (Å²) < 4.78 is 42.3. The molecule has 0 saturated heterocycles.